The fourth-order valence-corrected chi connectivity index (χ4v) is 2.82. The van der Waals surface area contributed by atoms with Gasteiger partial charge < -0.3 is 15.5 Å². The van der Waals surface area contributed by atoms with Gasteiger partial charge in [0.1, 0.15) is 0 Å². The lowest BCUT2D eigenvalue weighted by Gasteiger charge is -2.22. The maximum Gasteiger partial charge on any atom is 0.258 e. The smallest absolute Gasteiger partial charge is 0.258 e. The Kier molecular flexibility index (Phi) is 4.22. The first-order chi connectivity index (χ1) is 10.7. The minimum Gasteiger partial charge on any atom is -0.326 e. The maximum atomic E-state index is 12.9. The zero-order valence-electron chi connectivity index (χ0n) is 12.8. The molecule has 1 heterocycles. The van der Waals surface area contributed by atoms with Gasteiger partial charge in [0.15, 0.2) is 0 Å². The molecule has 1 aliphatic heterocycles. The number of nitrogens with zero attached hydrogens (tertiary/aromatic N) is 2. The van der Waals surface area contributed by atoms with Gasteiger partial charge in [0.05, 0.1) is 0 Å². The number of hydrogen-bond donors (Lipinski definition) is 1. The van der Waals surface area contributed by atoms with Crippen LogP contribution in [0.1, 0.15) is 21.5 Å². The van der Waals surface area contributed by atoms with Gasteiger partial charge in [-0.15, -0.1) is 0 Å². The number of hydrogen-bond acceptors (Lipinski definition) is 3. The lowest BCUT2D eigenvalue weighted by Crippen LogP contribution is -2.35. The minimum absolute atomic E-state index is 0.0475. The molecule has 0 saturated heterocycles. The Hall–Kier alpha value is -2.17. The molecular weight excluding hydrogens is 274 g/mol. The number of fused-ring (bicyclic) bond motifs is 1. The van der Waals surface area contributed by atoms with Crippen LogP contribution in [-0.4, -0.2) is 30.9 Å². The van der Waals surface area contributed by atoms with Crippen LogP contribution < -0.4 is 10.6 Å². The minimum atomic E-state index is 0.0475. The van der Waals surface area contributed by atoms with Gasteiger partial charge >= 0.3 is 0 Å². The number of carbonyl (C=O) groups is 1. The van der Waals surface area contributed by atoms with Crippen molar-refractivity contribution in [3.8, 4) is 0 Å². The maximum absolute atomic E-state index is 12.9. The molecule has 114 valence electrons. The molecule has 4 heteroatoms. The van der Waals surface area contributed by atoms with Crippen LogP contribution in [0.4, 0.5) is 5.69 Å². The Bertz CT molecular complexity index is 666. The second-order valence-corrected chi connectivity index (χ2v) is 5.72. The zero-order chi connectivity index (χ0) is 15.5. The molecule has 1 aliphatic rings. The molecular formula is C18H21N3O. The van der Waals surface area contributed by atoms with Crippen molar-refractivity contribution in [2.45, 2.75) is 13.1 Å². The van der Waals surface area contributed by atoms with E-state index in [4.69, 9.17) is 5.73 Å². The molecule has 0 bridgehead atoms. The molecule has 0 spiro atoms. The lowest BCUT2D eigenvalue weighted by molar-refractivity contribution is 0.0986. The van der Waals surface area contributed by atoms with E-state index in [2.05, 4.69) is 18.0 Å². The number of nitrogens with two attached hydrogens (primary N) is 1. The Morgan fingerprint density at radius 1 is 1.09 bits per heavy atom. The van der Waals surface area contributed by atoms with Crippen LogP contribution in [0.5, 0.6) is 0 Å². The highest BCUT2D eigenvalue weighted by Gasteiger charge is 2.23. The standard InChI is InChI=1S/C18H21N3O/c1-20-10-11-21(17-5-3-2-4-16(17)13-20)18(22)15-8-6-14(12-19)7-9-15/h2-9H,10-13,19H2,1H3. The third-order valence-electron chi connectivity index (χ3n) is 4.11. The van der Waals surface area contributed by atoms with Gasteiger partial charge in [0.2, 0.25) is 0 Å². The second-order valence-electron chi connectivity index (χ2n) is 5.72. The summed E-state index contributed by atoms with van der Waals surface area (Å²) in [5.41, 5.74) is 9.56. The highest BCUT2D eigenvalue weighted by Crippen LogP contribution is 2.26. The summed E-state index contributed by atoms with van der Waals surface area (Å²) < 4.78 is 0. The van der Waals surface area contributed by atoms with Crippen molar-refractivity contribution in [2.24, 2.45) is 5.73 Å². The van der Waals surface area contributed by atoms with Crippen molar-refractivity contribution in [3.05, 3.63) is 65.2 Å². The SMILES string of the molecule is CN1CCN(C(=O)c2ccc(CN)cc2)c2ccccc2C1. The molecule has 2 N–H and O–H groups in total. The normalized spacial score (nSPS) is 15.3. The van der Waals surface area contributed by atoms with Gasteiger partial charge in [-0.25, -0.2) is 0 Å². The summed E-state index contributed by atoms with van der Waals surface area (Å²) in [5, 5.41) is 0. The van der Waals surface area contributed by atoms with Crippen LogP contribution in [0.15, 0.2) is 48.5 Å². The molecule has 0 fully saturated rings. The van der Waals surface area contributed by atoms with E-state index in [1.165, 1.54) is 5.56 Å². The van der Waals surface area contributed by atoms with Crippen LogP contribution >= 0.6 is 0 Å². The first-order valence-electron chi connectivity index (χ1n) is 7.56. The van der Waals surface area contributed by atoms with Crippen LogP contribution in [0.2, 0.25) is 0 Å². The van der Waals surface area contributed by atoms with E-state index < -0.39 is 0 Å². The molecule has 2 aromatic rings. The largest absolute Gasteiger partial charge is 0.326 e. The predicted molar refractivity (Wildman–Crippen MR) is 88.8 cm³/mol. The van der Waals surface area contributed by atoms with E-state index in [1.807, 2.05) is 47.4 Å². The Morgan fingerprint density at radius 2 is 1.82 bits per heavy atom. The molecule has 0 radical (unpaired) electrons. The molecule has 4 nitrogen and oxygen atoms in total. The van der Waals surface area contributed by atoms with Crippen LogP contribution in [0.25, 0.3) is 0 Å². The summed E-state index contributed by atoms with van der Waals surface area (Å²) in [5.74, 6) is 0.0475. The number of likely N-dealkylation sites (N-methyl/N-ethyl adjacent to an activating group) is 1. The number of benzene rings is 2. The molecule has 0 saturated carbocycles. The summed E-state index contributed by atoms with van der Waals surface area (Å²) in [6.07, 6.45) is 0. The van der Waals surface area contributed by atoms with E-state index in [0.717, 1.165) is 24.3 Å². The number of anilines is 1. The van der Waals surface area contributed by atoms with Crippen molar-refractivity contribution < 1.29 is 4.79 Å². The Morgan fingerprint density at radius 3 is 2.55 bits per heavy atom. The average molecular weight is 295 g/mol. The zero-order valence-corrected chi connectivity index (χ0v) is 12.8. The number of rotatable bonds is 2. The highest BCUT2D eigenvalue weighted by molar-refractivity contribution is 6.06. The van der Waals surface area contributed by atoms with Gasteiger partial charge in [-0.2, -0.15) is 0 Å². The summed E-state index contributed by atoms with van der Waals surface area (Å²) in [6.45, 7) is 2.92. The number of para-hydroxylation sites is 1. The average Bonchev–Trinajstić information content (AvgIpc) is 2.72. The van der Waals surface area contributed by atoms with Gasteiger partial charge in [-0.1, -0.05) is 30.3 Å². The first kappa shape index (κ1) is 14.8. The number of carbonyl (C=O) groups excluding carboxylic acids is 1. The van der Waals surface area contributed by atoms with Crippen molar-refractivity contribution in [1.29, 1.82) is 0 Å². The van der Waals surface area contributed by atoms with Crippen molar-refractivity contribution >= 4 is 11.6 Å². The monoisotopic (exact) mass is 295 g/mol. The van der Waals surface area contributed by atoms with Gasteiger partial charge in [0, 0.05) is 37.4 Å². The fraction of sp³-hybridized carbons (Fsp3) is 0.278. The highest BCUT2D eigenvalue weighted by atomic mass is 16.2. The van der Waals surface area contributed by atoms with Gasteiger partial charge in [0.25, 0.3) is 5.91 Å². The number of amides is 1. The third-order valence-corrected chi connectivity index (χ3v) is 4.11. The fourth-order valence-electron chi connectivity index (χ4n) is 2.82. The van der Waals surface area contributed by atoms with E-state index in [9.17, 15) is 4.79 Å². The topological polar surface area (TPSA) is 49.6 Å². The van der Waals surface area contributed by atoms with Crippen LogP contribution in [-0.2, 0) is 13.1 Å². The van der Waals surface area contributed by atoms with E-state index in [0.29, 0.717) is 18.7 Å². The molecule has 1 amide bonds. The summed E-state index contributed by atoms with van der Waals surface area (Å²) in [7, 11) is 2.08. The van der Waals surface area contributed by atoms with Crippen molar-refractivity contribution in [1.82, 2.24) is 4.90 Å². The Balaban J connectivity index is 1.94. The third kappa shape index (κ3) is 2.89. The molecule has 2 aromatic carbocycles. The molecule has 0 aromatic heterocycles. The predicted octanol–water partition coefficient (Wildman–Crippen LogP) is 2.24. The molecule has 0 aliphatic carbocycles. The van der Waals surface area contributed by atoms with E-state index in [-0.39, 0.29) is 5.91 Å². The van der Waals surface area contributed by atoms with E-state index in [1.54, 1.807) is 0 Å². The first-order valence-corrected chi connectivity index (χ1v) is 7.56. The summed E-state index contributed by atoms with van der Waals surface area (Å²) >= 11 is 0. The summed E-state index contributed by atoms with van der Waals surface area (Å²) in [4.78, 5) is 17.0. The second kappa shape index (κ2) is 6.30. The lowest BCUT2D eigenvalue weighted by atomic mass is 10.1. The quantitative estimate of drug-likeness (QED) is 0.924. The molecule has 3 rings (SSSR count). The summed E-state index contributed by atoms with van der Waals surface area (Å²) in [6, 6.07) is 15.7. The van der Waals surface area contributed by atoms with E-state index >= 15 is 0 Å². The van der Waals surface area contributed by atoms with Crippen molar-refractivity contribution in [3.63, 3.8) is 0 Å². The van der Waals surface area contributed by atoms with Gasteiger partial charge in [-0.05, 0) is 36.4 Å². The molecule has 22 heavy (non-hydrogen) atoms. The van der Waals surface area contributed by atoms with Crippen LogP contribution in [0, 0.1) is 0 Å². The molecule has 0 atom stereocenters. The Labute approximate surface area is 131 Å². The molecule has 0 unspecified atom stereocenters. The van der Waals surface area contributed by atoms with Crippen molar-refractivity contribution in [2.75, 3.05) is 25.0 Å². The van der Waals surface area contributed by atoms with Gasteiger partial charge in [-0.3, -0.25) is 4.79 Å². The van der Waals surface area contributed by atoms with Crippen LogP contribution in [0.3, 0.4) is 0 Å².